The smallest absolute Gasteiger partial charge is 0.325 e. The van der Waals surface area contributed by atoms with Gasteiger partial charge in [-0.2, -0.15) is 0 Å². The molecule has 0 bridgehead atoms. The predicted molar refractivity (Wildman–Crippen MR) is 85.7 cm³/mol. The van der Waals surface area contributed by atoms with Gasteiger partial charge < -0.3 is 9.72 Å². The van der Waals surface area contributed by atoms with E-state index in [0.29, 0.717) is 23.4 Å². The molecule has 0 aromatic carbocycles. The second-order valence-electron chi connectivity index (χ2n) is 5.95. The average Bonchev–Trinajstić information content (AvgIpc) is 3.25. The van der Waals surface area contributed by atoms with E-state index in [1.54, 1.807) is 6.07 Å². The minimum absolute atomic E-state index is 0.192. The number of halogens is 1. The topological polar surface area (TPSA) is 101 Å². The maximum absolute atomic E-state index is 11.9. The molecule has 122 valence electrons. The lowest BCUT2D eigenvalue weighted by molar-refractivity contribution is 0.0697. The van der Waals surface area contributed by atoms with Crippen LogP contribution in [-0.2, 0) is 4.74 Å². The Balaban J connectivity index is 1.86. The molecule has 8 heteroatoms. The van der Waals surface area contributed by atoms with E-state index in [-0.39, 0.29) is 17.6 Å². The molecule has 23 heavy (non-hydrogen) atoms. The van der Waals surface area contributed by atoms with E-state index < -0.39 is 11.2 Å². The van der Waals surface area contributed by atoms with Crippen LogP contribution < -0.4 is 11.2 Å². The number of hydrogen-bond donors (Lipinski definition) is 2. The first kappa shape index (κ1) is 15.9. The highest BCUT2D eigenvalue weighted by atomic mass is 35.5. The Morgan fingerprint density at radius 3 is 2.87 bits per heavy atom. The monoisotopic (exact) mass is 336 g/mol. The van der Waals surface area contributed by atoms with Crippen LogP contribution in [0.25, 0.3) is 11.3 Å². The van der Waals surface area contributed by atoms with E-state index in [1.807, 2.05) is 13.8 Å². The molecule has 1 aliphatic carbocycles. The van der Waals surface area contributed by atoms with Crippen LogP contribution in [0.3, 0.4) is 0 Å². The number of H-pyrrole nitrogens is 2. The summed E-state index contributed by atoms with van der Waals surface area (Å²) >= 11 is 6.15. The van der Waals surface area contributed by atoms with Crippen molar-refractivity contribution in [2.45, 2.75) is 32.3 Å². The summed E-state index contributed by atoms with van der Waals surface area (Å²) in [6.07, 6.45) is 2.49. The molecule has 1 fully saturated rings. The Morgan fingerprint density at radius 2 is 2.17 bits per heavy atom. The number of hydrogen-bond acceptors (Lipinski definition) is 5. The molecule has 3 rings (SSSR count). The molecular formula is C15H17ClN4O3. The van der Waals surface area contributed by atoms with E-state index in [9.17, 15) is 9.59 Å². The zero-order valence-corrected chi connectivity index (χ0v) is 13.6. The average molecular weight is 337 g/mol. The Bertz CT molecular complexity index is 830. The Hall–Kier alpha value is -1.99. The maximum Gasteiger partial charge on any atom is 0.325 e. The summed E-state index contributed by atoms with van der Waals surface area (Å²) in [6, 6.07) is 1.76. The Morgan fingerprint density at radius 1 is 1.39 bits per heavy atom. The van der Waals surface area contributed by atoms with Crippen LogP contribution in [0.1, 0.15) is 31.7 Å². The van der Waals surface area contributed by atoms with Crippen LogP contribution in [0.2, 0.25) is 5.15 Å². The van der Waals surface area contributed by atoms with Gasteiger partial charge in [0.1, 0.15) is 5.69 Å². The number of rotatable bonds is 5. The summed E-state index contributed by atoms with van der Waals surface area (Å²) in [6.45, 7) is 4.67. The zero-order valence-electron chi connectivity index (χ0n) is 12.8. The fraction of sp³-hybridized carbons (Fsp3) is 0.467. The quantitative estimate of drug-likeness (QED) is 0.865. The van der Waals surface area contributed by atoms with Crippen molar-refractivity contribution in [1.29, 1.82) is 0 Å². The van der Waals surface area contributed by atoms with Gasteiger partial charge in [-0.3, -0.25) is 9.78 Å². The number of aromatic amines is 2. The molecule has 1 aliphatic rings. The van der Waals surface area contributed by atoms with Crippen molar-refractivity contribution >= 4 is 11.6 Å². The van der Waals surface area contributed by atoms with Crippen molar-refractivity contribution in [3.8, 4) is 11.3 Å². The van der Waals surface area contributed by atoms with Crippen molar-refractivity contribution in [2.75, 3.05) is 6.61 Å². The van der Waals surface area contributed by atoms with E-state index in [0.717, 1.165) is 12.0 Å². The Kier molecular flexibility index (Phi) is 4.32. The third-order valence-electron chi connectivity index (χ3n) is 3.84. The molecule has 1 saturated carbocycles. The minimum Gasteiger partial charge on any atom is -0.378 e. The van der Waals surface area contributed by atoms with Crippen molar-refractivity contribution in [1.82, 2.24) is 20.2 Å². The SMILES string of the molecule is CC(C)OC[C@H]1CC1c1cc(-c2c[nH]c(=O)[nH]c2=O)nnc1Cl. The van der Waals surface area contributed by atoms with Crippen LogP contribution in [0.4, 0.5) is 0 Å². The first-order chi connectivity index (χ1) is 11.0. The molecule has 2 aromatic heterocycles. The van der Waals surface area contributed by atoms with E-state index >= 15 is 0 Å². The lowest BCUT2D eigenvalue weighted by Gasteiger charge is -2.08. The van der Waals surface area contributed by atoms with Gasteiger partial charge in [-0.05, 0) is 43.7 Å². The molecule has 0 spiro atoms. The largest absolute Gasteiger partial charge is 0.378 e. The summed E-state index contributed by atoms with van der Waals surface area (Å²) in [4.78, 5) is 27.6. The molecule has 0 aliphatic heterocycles. The summed E-state index contributed by atoms with van der Waals surface area (Å²) < 4.78 is 5.63. The van der Waals surface area contributed by atoms with Gasteiger partial charge in [-0.25, -0.2) is 4.79 Å². The molecule has 7 nitrogen and oxygen atoms in total. The summed E-state index contributed by atoms with van der Waals surface area (Å²) in [5, 5.41) is 8.23. The van der Waals surface area contributed by atoms with E-state index in [2.05, 4.69) is 20.2 Å². The van der Waals surface area contributed by atoms with Gasteiger partial charge in [0.2, 0.25) is 0 Å². The van der Waals surface area contributed by atoms with Crippen LogP contribution in [0, 0.1) is 5.92 Å². The van der Waals surface area contributed by atoms with Crippen LogP contribution in [0.5, 0.6) is 0 Å². The number of nitrogens with one attached hydrogen (secondary N) is 2. The Labute approximate surface area is 137 Å². The summed E-state index contributed by atoms with van der Waals surface area (Å²) in [5.74, 6) is 0.665. The second-order valence-corrected chi connectivity index (χ2v) is 6.30. The van der Waals surface area contributed by atoms with Gasteiger partial charge in [0.05, 0.1) is 18.3 Å². The number of nitrogens with zero attached hydrogens (tertiary/aromatic N) is 2. The third kappa shape index (κ3) is 3.51. The van der Waals surface area contributed by atoms with Crippen molar-refractivity contribution in [2.24, 2.45) is 5.92 Å². The van der Waals surface area contributed by atoms with Crippen molar-refractivity contribution in [3.05, 3.63) is 43.8 Å². The second kappa shape index (κ2) is 6.25. The zero-order chi connectivity index (χ0) is 16.6. The molecule has 2 aromatic rings. The van der Waals surface area contributed by atoms with Gasteiger partial charge in [0.25, 0.3) is 5.56 Å². The predicted octanol–water partition coefficient (Wildman–Crippen LogP) is 1.70. The van der Waals surface area contributed by atoms with Gasteiger partial charge in [0.15, 0.2) is 5.15 Å². The maximum atomic E-state index is 11.9. The fourth-order valence-corrected chi connectivity index (χ4v) is 2.74. The molecule has 1 unspecified atom stereocenters. The van der Waals surface area contributed by atoms with E-state index in [1.165, 1.54) is 6.20 Å². The minimum atomic E-state index is -0.561. The number of ether oxygens (including phenoxy) is 1. The van der Waals surface area contributed by atoms with Gasteiger partial charge in [-0.1, -0.05) is 11.6 Å². The van der Waals surface area contributed by atoms with Gasteiger partial charge >= 0.3 is 5.69 Å². The molecule has 2 heterocycles. The summed E-state index contributed by atoms with van der Waals surface area (Å²) in [5.41, 5.74) is 0.434. The highest BCUT2D eigenvalue weighted by Crippen LogP contribution is 2.49. The highest BCUT2D eigenvalue weighted by molar-refractivity contribution is 6.30. The van der Waals surface area contributed by atoms with Crippen molar-refractivity contribution < 1.29 is 4.74 Å². The molecule has 2 N–H and O–H groups in total. The van der Waals surface area contributed by atoms with Gasteiger partial charge in [-0.15, -0.1) is 10.2 Å². The lowest BCUT2D eigenvalue weighted by Crippen LogP contribution is -2.23. The van der Waals surface area contributed by atoms with Gasteiger partial charge in [0, 0.05) is 6.20 Å². The molecule has 0 amide bonds. The summed E-state index contributed by atoms with van der Waals surface area (Å²) in [7, 11) is 0. The first-order valence-corrected chi connectivity index (χ1v) is 7.80. The first-order valence-electron chi connectivity index (χ1n) is 7.42. The highest BCUT2D eigenvalue weighted by Gasteiger charge is 2.40. The molecule has 0 radical (unpaired) electrons. The molecule has 2 atom stereocenters. The normalized spacial score (nSPS) is 20.0. The third-order valence-corrected chi connectivity index (χ3v) is 4.13. The van der Waals surface area contributed by atoms with Crippen LogP contribution in [0.15, 0.2) is 21.9 Å². The van der Waals surface area contributed by atoms with Crippen LogP contribution >= 0.6 is 11.6 Å². The van der Waals surface area contributed by atoms with Crippen molar-refractivity contribution in [3.63, 3.8) is 0 Å². The lowest BCUT2D eigenvalue weighted by atomic mass is 10.1. The van der Waals surface area contributed by atoms with E-state index in [4.69, 9.17) is 16.3 Å². The number of aromatic nitrogens is 4. The fourth-order valence-electron chi connectivity index (χ4n) is 2.51. The molecule has 0 saturated heterocycles. The van der Waals surface area contributed by atoms with Crippen LogP contribution in [-0.4, -0.2) is 32.9 Å². The standard InChI is InChI=1S/C15H17ClN4O3/c1-7(2)23-6-8-3-9(8)10-4-12(19-20-13(10)16)11-5-17-15(22)18-14(11)21/h4-5,7-9H,3,6H2,1-2H3,(H2,17,18,21,22)/t8-,9?/m1/s1. The molecular weight excluding hydrogens is 320 g/mol.